The van der Waals surface area contributed by atoms with Gasteiger partial charge in [0, 0.05) is 75.2 Å². The van der Waals surface area contributed by atoms with Gasteiger partial charge in [0.1, 0.15) is 17.9 Å². The van der Waals surface area contributed by atoms with E-state index in [1.165, 1.54) is 17.7 Å². The summed E-state index contributed by atoms with van der Waals surface area (Å²) in [5, 5.41) is 18.6. The summed E-state index contributed by atoms with van der Waals surface area (Å²) in [6.07, 6.45) is 3.31. The number of piperazine rings is 1. The van der Waals surface area contributed by atoms with Crippen LogP contribution in [-0.2, 0) is 64.7 Å². The van der Waals surface area contributed by atoms with E-state index in [2.05, 4.69) is 61.6 Å². The van der Waals surface area contributed by atoms with Crippen molar-refractivity contribution in [1.29, 1.82) is 0 Å². The van der Waals surface area contributed by atoms with Crippen molar-refractivity contribution in [3.8, 4) is 0 Å². The molecule has 0 radical (unpaired) electrons. The highest BCUT2D eigenvalue weighted by Gasteiger charge is 2.48. The summed E-state index contributed by atoms with van der Waals surface area (Å²) in [6.45, 7) is 17.7. The van der Waals surface area contributed by atoms with Crippen molar-refractivity contribution in [3.05, 3.63) is 130 Å². The van der Waals surface area contributed by atoms with Gasteiger partial charge in [-0.3, -0.25) is 38.6 Å². The average Bonchev–Trinajstić information content (AvgIpc) is 3.76. The Balaban J connectivity index is 0.915. The van der Waals surface area contributed by atoms with E-state index in [-0.39, 0.29) is 80.3 Å². The normalized spacial score (nSPS) is 23.9. The van der Waals surface area contributed by atoms with E-state index in [0.717, 1.165) is 66.7 Å². The molecule has 428 valence electrons. The van der Waals surface area contributed by atoms with E-state index in [9.17, 15) is 33.2 Å². The third-order valence-electron chi connectivity index (χ3n) is 17.1. The number of benzene rings is 4. The lowest BCUT2D eigenvalue weighted by molar-refractivity contribution is -0.147. The first-order chi connectivity index (χ1) is 38.2. The van der Waals surface area contributed by atoms with Crippen LogP contribution in [-0.4, -0.2) is 152 Å². The highest BCUT2D eigenvalue weighted by Crippen LogP contribution is 2.42. The third-order valence-corrected chi connectivity index (χ3v) is 17.1. The molecule has 5 aliphatic rings. The molecule has 18 heteroatoms. The molecule has 6 amide bonds. The van der Waals surface area contributed by atoms with E-state index in [0.29, 0.717) is 43.1 Å². The van der Waals surface area contributed by atoms with Crippen molar-refractivity contribution in [2.24, 2.45) is 5.41 Å². The Labute approximate surface area is 470 Å². The fourth-order valence-electron chi connectivity index (χ4n) is 12.2. The minimum absolute atomic E-state index is 0.0397. The van der Waals surface area contributed by atoms with Gasteiger partial charge in [0.05, 0.1) is 43.8 Å². The van der Waals surface area contributed by atoms with Crippen molar-refractivity contribution >= 4 is 46.8 Å². The minimum atomic E-state index is -1.22. The summed E-state index contributed by atoms with van der Waals surface area (Å²) in [5.74, 6) is -2.39. The number of nitrogens with zero attached hydrogens (tertiary/aromatic N) is 4. The van der Waals surface area contributed by atoms with Gasteiger partial charge in [0.2, 0.25) is 35.4 Å². The number of fused-ring (bicyclic) bond motifs is 3. The number of likely N-dealkylation sites (N-methyl/N-ethyl adjacent to an activating group) is 1. The number of anilines is 2. The maximum atomic E-state index is 14.9. The Morgan fingerprint density at radius 2 is 1.68 bits per heavy atom. The SMILES string of the molecule is CN[C@@H](C)C(=O)NC(C(=O)N1Cc2cc(NC(=O)CNC(=O)C3(C)CN(C(=O)CN4C[C@@H](C)NC[C@@H]4CN4CCOC[C@H]4C)c4cc(Cc5ccc(F)cc5)ccc43)ccc2C[C@H]1C(=O)N[C@@H]1CCCc2ccccc21)C(C)(C)C. The quantitative estimate of drug-likeness (QED) is 0.0907. The zero-order valence-electron chi connectivity index (χ0n) is 47.8. The number of carbonyl (C=O) groups is 6. The lowest BCUT2D eigenvalue weighted by atomic mass is 9.83. The van der Waals surface area contributed by atoms with Gasteiger partial charge >= 0.3 is 0 Å². The molecular weight excluding hydrogens is 1020 g/mol. The first-order valence-corrected chi connectivity index (χ1v) is 28.5. The van der Waals surface area contributed by atoms with E-state index in [1.54, 1.807) is 55.0 Å². The number of halogens is 1. The summed E-state index contributed by atoms with van der Waals surface area (Å²) in [7, 11) is 1.67. The number of hydrogen-bond acceptors (Lipinski definition) is 11. The molecule has 0 spiro atoms. The number of carbonyl (C=O) groups excluding carboxylic acids is 6. The molecule has 0 saturated carbocycles. The lowest BCUT2D eigenvalue weighted by Crippen LogP contribution is -2.62. The lowest BCUT2D eigenvalue weighted by Gasteiger charge is -2.43. The molecule has 2 saturated heterocycles. The Kier molecular flexibility index (Phi) is 17.9. The average molecular weight is 1100 g/mol. The van der Waals surface area contributed by atoms with Gasteiger partial charge < -0.3 is 46.4 Å². The smallest absolute Gasteiger partial charge is 0.246 e. The van der Waals surface area contributed by atoms with Crippen LogP contribution in [0.25, 0.3) is 0 Å². The predicted molar refractivity (Wildman–Crippen MR) is 306 cm³/mol. The second-order valence-corrected chi connectivity index (χ2v) is 24.1. The maximum Gasteiger partial charge on any atom is 0.246 e. The van der Waals surface area contributed by atoms with Crippen molar-refractivity contribution in [2.45, 2.75) is 135 Å². The van der Waals surface area contributed by atoms with Crippen LogP contribution in [0.15, 0.2) is 84.9 Å². The van der Waals surface area contributed by atoms with Crippen LogP contribution in [0, 0.1) is 11.2 Å². The van der Waals surface area contributed by atoms with Gasteiger partial charge in [-0.25, -0.2) is 4.39 Å². The molecular formula is C62H81FN10O7. The number of nitrogens with one attached hydrogen (secondary N) is 6. The van der Waals surface area contributed by atoms with Crippen LogP contribution in [0.4, 0.5) is 15.8 Å². The Bertz CT molecular complexity index is 2950. The molecule has 8 atom stereocenters. The molecule has 4 aliphatic heterocycles. The molecule has 1 aliphatic carbocycles. The van der Waals surface area contributed by atoms with Crippen molar-refractivity contribution in [2.75, 3.05) is 76.3 Å². The summed E-state index contributed by atoms with van der Waals surface area (Å²) in [4.78, 5) is 94.1. The van der Waals surface area contributed by atoms with Gasteiger partial charge in [0.15, 0.2) is 0 Å². The van der Waals surface area contributed by atoms with E-state index in [1.807, 2.05) is 63.2 Å². The van der Waals surface area contributed by atoms with Gasteiger partial charge in [-0.2, -0.15) is 0 Å². The molecule has 17 nitrogen and oxygen atoms in total. The van der Waals surface area contributed by atoms with E-state index in [4.69, 9.17) is 4.74 Å². The molecule has 4 heterocycles. The number of rotatable bonds is 16. The second kappa shape index (κ2) is 24.7. The summed E-state index contributed by atoms with van der Waals surface area (Å²) in [5.41, 5.74) is 5.41. The fraction of sp³-hybridized carbons (Fsp3) is 0.516. The zero-order chi connectivity index (χ0) is 57.0. The first kappa shape index (κ1) is 58.1. The second-order valence-electron chi connectivity index (χ2n) is 24.1. The summed E-state index contributed by atoms with van der Waals surface area (Å²) < 4.78 is 19.6. The molecule has 9 rings (SSSR count). The molecule has 6 N–H and O–H groups in total. The Hall–Kier alpha value is -6.57. The van der Waals surface area contributed by atoms with Crippen molar-refractivity contribution in [1.82, 2.24) is 41.3 Å². The van der Waals surface area contributed by atoms with Crippen LogP contribution in [0.5, 0.6) is 0 Å². The standard InChI is InChI=1S/C62H81FN10O7/c1-38-32-71(48(30-65-38)34-70-24-25-80-36-39(70)2)35-55(75)73-37-62(7,50-23-18-42(27-52(50)73)26-41-16-20-46(63)21-17-41)60(79)66-31-54(74)67-47-22-19-44-29-53(58(77)68-51-15-11-13-43-12-9-10-14-49(43)51)72(33-45(44)28-47)59(78)56(61(4,5)6)69-57(76)40(3)64-8/h9-10,12,14,16-23,27-28,38-40,48,51,53,56,64-65H,11,13,15,24-26,29-37H2,1-8H3,(H,66,79)(H,67,74)(H,68,77)(H,69,76)/t38-,39-,40+,48-,51-,53+,56?,62?/m1/s1. The molecule has 4 aromatic rings. The Morgan fingerprint density at radius 1 is 0.912 bits per heavy atom. The number of hydrogen-bond donors (Lipinski definition) is 6. The van der Waals surface area contributed by atoms with Crippen LogP contribution in [0.3, 0.4) is 0 Å². The van der Waals surface area contributed by atoms with Crippen LogP contribution in [0.1, 0.15) is 106 Å². The predicted octanol–water partition coefficient (Wildman–Crippen LogP) is 4.74. The summed E-state index contributed by atoms with van der Waals surface area (Å²) in [6, 6.07) is 23.5. The Morgan fingerprint density at radius 3 is 2.42 bits per heavy atom. The molecule has 2 unspecified atom stereocenters. The monoisotopic (exact) mass is 1100 g/mol. The van der Waals surface area contributed by atoms with Gasteiger partial charge in [-0.05, 0) is 135 Å². The minimum Gasteiger partial charge on any atom is -0.379 e. The van der Waals surface area contributed by atoms with E-state index >= 15 is 0 Å². The zero-order valence-corrected chi connectivity index (χ0v) is 47.8. The number of aryl methyl sites for hydroxylation is 1. The number of amides is 6. The topological polar surface area (TPSA) is 197 Å². The van der Waals surface area contributed by atoms with Crippen molar-refractivity contribution in [3.63, 3.8) is 0 Å². The highest BCUT2D eigenvalue weighted by molar-refractivity contribution is 6.04. The third kappa shape index (κ3) is 13.1. The largest absolute Gasteiger partial charge is 0.379 e. The van der Waals surface area contributed by atoms with Gasteiger partial charge in [-0.1, -0.05) is 75.4 Å². The van der Waals surface area contributed by atoms with Crippen molar-refractivity contribution < 1.29 is 37.9 Å². The van der Waals surface area contributed by atoms with E-state index < -0.39 is 46.7 Å². The van der Waals surface area contributed by atoms with Gasteiger partial charge in [0.25, 0.3) is 0 Å². The highest BCUT2D eigenvalue weighted by atomic mass is 19.1. The van der Waals surface area contributed by atoms with Crippen LogP contribution >= 0.6 is 0 Å². The number of ether oxygens (including phenoxy) is 1. The van der Waals surface area contributed by atoms with Crippen LogP contribution in [0.2, 0.25) is 0 Å². The molecule has 80 heavy (non-hydrogen) atoms. The fourth-order valence-corrected chi connectivity index (χ4v) is 12.2. The molecule has 4 aromatic carbocycles. The number of morpholine rings is 1. The maximum absolute atomic E-state index is 14.9. The van der Waals surface area contributed by atoms with Crippen LogP contribution < -0.4 is 36.8 Å². The molecule has 0 aromatic heterocycles. The summed E-state index contributed by atoms with van der Waals surface area (Å²) >= 11 is 0. The molecule has 2 fully saturated rings. The van der Waals surface area contributed by atoms with Gasteiger partial charge in [-0.15, -0.1) is 0 Å². The first-order valence-electron chi connectivity index (χ1n) is 28.5. The molecule has 0 bridgehead atoms.